The zero-order chi connectivity index (χ0) is 24.1. The number of carbonyl (C=O) groups excluding carboxylic acids is 1. The van der Waals surface area contributed by atoms with Gasteiger partial charge >= 0.3 is 6.09 Å². The molecule has 0 aliphatic heterocycles. The topological polar surface area (TPSA) is 102 Å². The summed E-state index contributed by atoms with van der Waals surface area (Å²) in [5, 5.41) is 32.4. The number of rotatable bonds is 9. The second kappa shape index (κ2) is 10.7. The molecular weight excluding hydrogens is 432 g/mol. The van der Waals surface area contributed by atoms with Gasteiger partial charge in [0.2, 0.25) is 0 Å². The predicted molar refractivity (Wildman–Crippen MR) is 131 cm³/mol. The summed E-state index contributed by atoms with van der Waals surface area (Å²) in [6, 6.07) is 23.2. The number of hydrogen-bond donors (Lipinski definition) is 4. The van der Waals surface area contributed by atoms with E-state index < -0.39 is 18.3 Å². The van der Waals surface area contributed by atoms with Crippen LogP contribution in [0.25, 0.3) is 11.1 Å². The molecule has 1 amide bonds. The minimum Gasteiger partial charge on any atom is -0.449 e. The highest BCUT2D eigenvalue weighted by molar-refractivity contribution is 5.79. The van der Waals surface area contributed by atoms with Crippen molar-refractivity contribution in [1.82, 2.24) is 5.32 Å². The number of alkyl carbamates (subject to hydrolysis) is 1. The Morgan fingerprint density at radius 2 is 1.56 bits per heavy atom. The fourth-order valence-corrected chi connectivity index (χ4v) is 4.38. The number of carbonyl (C=O) groups is 1. The van der Waals surface area contributed by atoms with Crippen LogP contribution in [-0.2, 0) is 4.74 Å². The van der Waals surface area contributed by atoms with Crippen molar-refractivity contribution in [1.29, 1.82) is 0 Å². The molecule has 178 valence electrons. The van der Waals surface area contributed by atoms with Gasteiger partial charge < -0.3 is 30.3 Å². The molecule has 2 unspecified atom stereocenters. The smallest absolute Gasteiger partial charge is 0.407 e. The largest absolute Gasteiger partial charge is 0.449 e. The molecule has 7 heteroatoms. The van der Waals surface area contributed by atoms with E-state index in [1.54, 1.807) is 24.3 Å². The average Bonchev–Trinajstić information content (AvgIpc) is 3.19. The summed E-state index contributed by atoms with van der Waals surface area (Å²) >= 11 is 0. The van der Waals surface area contributed by atoms with Crippen molar-refractivity contribution in [2.45, 2.75) is 18.1 Å². The zero-order valence-electron chi connectivity index (χ0n) is 19.1. The highest BCUT2D eigenvalue weighted by Crippen LogP contribution is 2.44. The summed E-state index contributed by atoms with van der Waals surface area (Å²) in [6.07, 6.45) is -3.00. The van der Waals surface area contributed by atoms with Crippen molar-refractivity contribution in [3.8, 4) is 11.1 Å². The highest BCUT2D eigenvalue weighted by Gasteiger charge is 2.29. The molecule has 0 aromatic heterocycles. The van der Waals surface area contributed by atoms with Crippen LogP contribution in [0.4, 0.5) is 10.5 Å². The Hall–Kier alpha value is -3.39. The van der Waals surface area contributed by atoms with Gasteiger partial charge in [0.05, 0.1) is 6.61 Å². The van der Waals surface area contributed by atoms with Crippen molar-refractivity contribution >= 4 is 11.8 Å². The maximum Gasteiger partial charge on any atom is 0.407 e. The van der Waals surface area contributed by atoms with Crippen LogP contribution in [-0.4, -0.2) is 60.9 Å². The minimum atomic E-state index is -1.19. The van der Waals surface area contributed by atoms with E-state index in [4.69, 9.17) is 9.84 Å². The Morgan fingerprint density at radius 1 is 0.971 bits per heavy atom. The SMILES string of the molecule is CN(CCO)c1ccc(C(O)C(O)CNC(=O)OCC2c3ccccc3-c3ccccc32)cc1. The van der Waals surface area contributed by atoms with Crippen LogP contribution in [0.5, 0.6) is 0 Å². The number of fused-ring (bicyclic) bond motifs is 3. The van der Waals surface area contributed by atoms with E-state index in [1.807, 2.05) is 48.3 Å². The van der Waals surface area contributed by atoms with E-state index in [0.29, 0.717) is 12.1 Å². The fraction of sp³-hybridized carbons (Fsp3) is 0.296. The Balaban J connectivity index is 1.30. The summed E-state index contributed by atoms with van der Waals surface area (Å²) in [5.41, 5.74) is 5.97. The Labute approximate surface area is 199 Å². The van der Waals surface area contributed by atoms with Crippen LogP contribution in [0.1, 0.15) is 28.7 Å². The van der Waals surface area contributed by atoms with E-state index >= 15 is 0 Å². The van der Waals surface area contributed by atoms with Gasteiger partial charge in [-0.1, -0.05) is 60.7 Å². The maximum absolute atomic E-state index is 12.3. The molecule has 0 heterocycles. The molecule has 0 spiro atoms. The van der Waals surface area contributed by atoms with Gasteiger partial charge in [-0.15, -0.1) is 0 Å². The highest BCUT2D eigenvalue weighted by atomic mass is 16.5. The molecule has 1 aliphatic carbocycles. The molecular formula is C27H30N2O5. The molecule has 0 radical (unpaired) electrons. The lowest BCUT2D eigenvalue weighted by Crippen LogP contribution is -2.36. The lowest BCUT2D eigenvalue weighted by molar-refractivity contribution is 0.0185. The van der Waals surface area contributed by atoms with Crippen LogP contribution >= 0.6 is 0 Å². The van der Waals surface area contributed by atoms with Crippen molar-refractivity contribution in [3.63, 3.8) is 0 Å². The summed E-state index contributed by atoms with van der Waals surface area (Å²) < 4.78 is 5.47. The third kappa shape index (κ3) is 5.07. The normalized spacial score (nSPS) is 14.1. The molecule has 0 bridgehead atoms. The quantitative estimate of drug-likeness (QED) is 0.390. The van der Waals surface area contributed by atoms with Gasteiger partial charge in [0.15, 0.2) is 0 Å². The van der Waals surface area contributed by atoms with Crippen molar-refractivity contribution in [2.24, 2.45) is 0 Å². The lowest BCUT2D eigenvalue weighted by Gasteiger charge is -2.21. The standard InChI is InChI=1S/C27H30N2O5/c1-29(14-15-30)19-12-10-18(11-13-19)26(32)25(31)16-28-27(33)34-17-24-22-8-4-2-6-20(22)21-7-3-5-9-23(21)24/h2-13,24-26,30-32H,14-17H2,1H3,(H,28,33). The number of aliphatic hydroxyl groups excluding tert-OH is 3. The van der Waals surface area contributed by atoms with Gasteiger partial charge in [-0.2, -0.15) is 0 Å². The van der Waals surface area contributed by atoms with Crippen LogP contribution in [0, 0.1) is 0 Å². The molecule has 4 rings (SSSR count). The van der Waals surface area contributed by atoms with E-state index in [-0.39, 0.29) is 25.7 Å². The molecule has 3 aromatic rings. The molecule has 0 fully saturated rings. The van der Waals surface area contributed by atoms with Gasteiger partial charge in [0.25, 0.3) is 0 Å². The molecule has 0 saturated heterocycles. The maximum atomic E-state index is 12.3. The van der Waals surface area contributed by atoms with Crippen LogP contribution in [0.15, 0.2) is 72.8 Å². The van der Waals surface area contributed by atoms with Crippen LogP contribution in [0.2, 0.25) is 0 Å². The summed E-state index contributed by atoms with van der Waals surface area (Å²) in [6.45, 7) is 0.570. The Kier molecular flexibility index (Phi) is 7.47. The third-order valence-electron chi connectivity index (χ3n) is 6.27. The van der Waals surface area contributed by atoms with E-state index in [9.17, 15) is 15.0 Å². The first-order valence-corrected chi connectivity index (χ1v) is 11.4. The molecule has 2 atom stereocenters. The first kappa shape index (κ1) is 23.8. The number of hydrogen-bond acceptors (Lipinski definition) is 6. The lowest BCUT2D eigenvalue weighted by atomic mass is 9.98. The first-order chi connectivity index (χ1) is 16.5. The first-order valence-electron chi connectivity index (χ1n) is 11.4. The molecule has 0 saturated carbocycles. The number of nitrogens with one attached hydrogen (secondary N) is 1. The number of ether oxygens (including phenoxy) is 1. The van der Waals surface area contributed by atoms with Gasteiger partial charge in [-0.3, -0.25) is 0 Å². The molecule has 3 aromatic carbocycles. The van der Waals surface area contributed by atoms with Gasteiger partial charge in [0.1, 0.15) is 18.8 Å². The fourth-order valence-electron chi connectivity index (χ4n) is 4.38. The number of nitrogens with zero attached hydrogens (tertiary/aromatic N) is 1. The van der Waals surface area contributed by atoms with E-state index in [0.717, 1.165) is 27.9 Å². The number of likely N-dealkylation sites (N-methyl/N-ethyl adjacent to an activating group) is 1. The number of benzene rings is 3. The monoisotopic (exact) mass is 462 g/mol. The Morgan fingerprint density at radius 3 is 2.15 bits per heavy atom. The molecule has 4 N–H and O–H groups in total. The van der Waals surface area contributed by atoms with E-state index in [2.05, 4.69) is 17.4 Å². The number of aliphatic hydroxyl groups is 3. The van der Waals surface area contributed by atoms with Crippen LogP contribution in [0.3, 0.4) is 0 Å². The Bertz CT molecular complexity index is 1070. The van der Waals surface area contributed by atoms with Crippen molar-refractivity contribution in [2.75, 3.05) is 38.3 Å². The van der Waals surface area contributed by atoms with E-state index in [1.165, 1.54) is 0 Å². The molecule has 1 aliphatic rings. The van der Waals surface area contributed by atoms with Crippen molar-refractivity contribution in [3.05, 3.63) is 89.5 Å². The third-order valence-corrected chi connectivity index (χ3v) is 6.27. The average molecular weight is 463 g/mol. The van der Waals surface area contributed by atoms with Crippen molar-refractivity contribution < 1.29 is 24.9 Å². The van der Waals surface area contributed by atoms with Gasteiger partial charge in [0, 0.05) is 31.7 Å². The second-order valence-electron chi connectivity index (χ2n) is 8.46. The molecule has 34 heavy (non-hydrogen) atoms. The second-order valence-corrected chi connectivity index (χ2v) is 8.46. The number of anilines is 1. The predicted octanol–water partition coefficient (Wildman–Crippen LogP) is 3.05. The van der Waals surface area contributed by atoms with Gasteiger partial charge in [-0.05, 0) is 39.9 Å². The summed E-state index contributed by atoms with van der Waals surface area (Å²) in [7, 11) is 1.86. The number of amides is 1. The van der Waals surface area contributed by atoms with Gasteiger partial charge in [-0.25, -0.2) is 4.79 Å². The summed E-state index contributed by atoms with van der Waals surface area (Å²) in [4.78, 5) is 14.2. The van der Waals surface area contributed by atoms with Crippen LogP contribution < -0.4 is 10.2 Å². The summed E-state index contributed by atoms with van der Waals surface area (Å²) in [5.74, 6) is -0.0452. The zero-order valence-corrected chi connectivity index (χ0v) is 19.1. The minimum absolute atomic E-state index is 0.0428. The molecule has 7 nitrogen and oxygen atoms in total.